The Labute approximate surface area is 180 Å². The maximum Gasteiger partial charge on any atom is 0.232 e. The lowest BCUT2D eigenvalue weighted by Gasteiger charge is -2.31. The lowest BCUT2D eigenvalue weighted by molar-refractivity contribution is 0.0329. The lowest BCUT2D eigenvalue weighted by Crippen LogP contribution is -2.39. The quantitative estimate of drug-likeness (QED) is 0.682. The van der Waals surface area contributed by atoms with Crippen molar-refractivity contribution in [1.29, 1.82) is 0 Å². The summed E-state index contributed by atoms with van der Waals surface area (Å²) < 4.78 is 17.5. The molecule has 1 saturated heterocycles. The Bertz CT molecular complexity index is 964. The van der Waals surface area contributed by atoms with Gasteiger partial charge in [0.05, 0.1) is 18.8 Å². The smallest absolute Gasteiger partial charge is 0.232 e. The summed E-state index contributed by atoms with van der Waals surface area (Å²) in [5, 5.41) is 1.99. The highest BCUT2D eigenvalue weighted by Gasteiger charge is 2.33. The summed E-state index contributed by atoms with van der Waals surface area (Å²) in [6.45, 7) is 9.12. The van der Waals surface area contributed by atoms with Gasteiger partial charge in [-0.15, -0.1) is 11.3 Å². The number of carbonyl (C=O) groups excluding carboxylic acids is 1. The Morgan fingerprint density at radius 2 is 2.00 bits per heavy atom. The first-order valence-corrected chi connectivity index (χ1v) is 11.4. The average Bonchev–Trinajstić information content (AvgIpc) is 3.38. The van der Waals surface area contributed by atoms with E-state index in [1.54, 1.807) is 11.3 Å². The second-order valence-electron chi connectivity index (χ2n) is 7.96. The summed E-state index contributed by atoms with van der Waals surface area (Å²) in [5.41, 5.74) is 2.63. The normalized spacial score (nSPS) is 20.7. The van der Waals surface area contributed by atoms with Gasteiger partial charge >= 0.3 is 0 Å². The number of ketones is 1. The van der Waals surface area contributed by atoms with Crippen molar-refractivity contribution >= 4 is 23.2 Å². The fourth-order valence-electron chi connectivity index (χ4n) is 4.29. The zero-order valence-corrected chi connectivity index (χ0v) is 18.0. The zero-order chi connectivity index (χ0) is 20.5. The molecule has 0 spiro atoms. The molecule has 1 aromatic carbocycles. The minimum absolute atomic E-state index is 0.0475. The van der Waals surface area contributed by atoms with E-state index in [4.69, 9.17) is 14.2 Å². The number of fused-ring (bicyclic) bond motifs is 2. The number of hydrogen-bond donors (Lipinski definition) is 0. The second kappa shape index (κ2) is 8.51. The van der Waals surface area contributed by atoms with Gasteiger partial charge in [-0.05, 0) is 37.4 Å². The van der Waals surface area contributed by atoms with E-state index in [0.29, 0.717) is 23.8 Å². The van der Waals surface area contributed by atoms with Crippen LogP contribution in [0.5, 0.6) is 11.5 Å². The van der Waals surface area contributed by atoms with Crippen LogP contribution in [0, 0.1) is 6.92 Å². The van der Waals surface area contributed by atoms with Gasteiger partial charge in [0.1, 0.15) is 18.2 Å². The summed E-state index contributed by atoms with van der Waals surface area (Å²) in [7, 11) is 0. The number of hydrogen-bond acceptors (Lipinski definition) is 7. The molecule has 0 bridgehead atoms. The van der Waals surface area contributed by atoms with E-state index in [1.165, 1.54) is 0 Å². The third-order valence-electron chi connectivity index (χ3n) is 5.87. The minimum atomic E-state index is -0.0475. The molecule has 0 N–H and O–H groups in total. The first-order valence-electron chi connectivity index (χ1n) is 10.5. The Balaban J connectivity index is 1.28. The molecule has 0 atom stereocenters. The summed E-state index contributed by atoms with van der Waals surface area (Å²) in [6, 6.07) is 5.91. The van der Waals surface area contributed by atoms with E-state index in [9.17, 15) is 4.79 Å². The number of thiophene rings is 1. The van der Waals surface area contributed by atoms with Crippen LogP contribution >= 0.6 is 11.3 Å². The molecule has 2 aromatic rings. The van der Waals surface area contributed by atoms with Crippen molar-refractivity contribution in [2.24, 2.45) is 0 Å². The van der Waals surface area contributed by atoms with E-state index < -0.39 is 0 Å². The van der Waals surface area contributed by atoms with Gasteiger partial charge in [0.15, 0.2) is 5.76 Å². The molecule has 7 heteroatoms. The highest BCUT2D eigenvalue weighted by Crippen LogP contribution is 2.43. The number of rotatable bonds is 5. The van der Waals surface area contributed by atoms with Gasteiger partial charge in [-0.1, -0.05) is 6.07 Å². The molecule has 3 aliphatic rings. The third-order valence-corrected chi connectivity index (χ3v) is 6.69. The average molecular weight is 427 g/mol. The number of nitrogens with zero attached hydrogens (tertiary/aromatic N) is 2. The second-order valence-corrected chi connectivity index (χ2v) is 8.93. The summed E-state index contributed by atoms with van der Waals surface area (Å²) in [4.78, 5) is 18.7. The number of morpholine rings is 1. The molecule has 1 aromatic heterocycles. The van der Waals surface area contributed by atoms with Gasteiger partial charge in [0, 0.05) is 48.3 Å². The number of carbonyl (C=O) groups is 1. The predicted octanol–water partition coefficient (Wildman–Crippen LogP) is 3.55. The zero-order valence-electron chi connectivity index (χ0n) is 17.2. The van der Waals surface area contributed by atoms with Crippen molar-refractivity contribution < 1.29 is 19.0 Å². The highest BCUT2D eigenvalue weighted by molar-refractivity contribution is 7.10. The van der Waals surface area contributed by atoms with Crippen molar-refractivity contribution in [3.63, 3.8) is 0 Å². The lowest BCUT2D eigenvalue weighted by atomic mass is 10.00. The highest BCUT2D eigenvalue weighted by atomic mass is 32.1. The van der Waals surface area contributed by atoms with Crippen molar-refractivity contribution in [1.82, 2.24) is 9.80 Å². The maximum atomic E-state index is 12.9. The van der Waals surface area contributed by atoms with Crippen LogP contribution < -0.4 is 9.47 Å². The van der Waals surface area contributed by atoms with E-state index >= 15 is 0 Å². The number of ether oxygens (including phenoxy) is 3. The van der Waals surface area contributed by atoms with E-state index in [2.05, 4.69) is 9.80 Å². The monoisotopic (exact) mass is 426 g/mol. The molecule has 30 heavy (non-hydrogen) atoms. The van der Waals surface area contributed by atoms with E-state index in [-0.39, 0.29) is 5.78 Å². The number of Topliss-reactive ketones (excluding diaryl/α,β-unsaturated/α-hetero) is 1. The molecule has 4 heterocycles. The Kier molecular flexibility index (Phi) is 5.60. The van der Waals surface area contributed by atoms with Crippen LogP contribution in [-0.2, 0) is 11.3 Å². The number of benzene rings is 1. The van der Waals surface area contributed by atoms with Crippen LogP contribution in [0.25, 0.3) is 6.08 Å². The van der Waals surface area contributed by atoms with Crippen molar-refractivity contribution in [3.05, 3.63) is 50.9 Å². The summed E-state index contributed by atoms with van der Waals surface area (Å²) in [6.07, 6.45) is 2.92. The van der Waals surface area contributed by atoms with E-state index in [1.807, 2.05) is 36.6 Å². The molecule has 0 radical (unpaired) electrons. The fourth-order valence-corrected chi connectivity index (χ4v) is 4.93. The van der Waals surface area contributed by atoms with E-state index in [0.717, 1.165) is 74.1 Å². The molecular weight excluding hydrogens is 400 g/mol. The molecule has 0 unspecified atom stereocenters. The van der Waals surface area contributed by atoms with Crippen LogP contribution in [0.2, 0.25) is 0 Å². The Morgan fingerprint density at radius 3 is 2.80 bits per heavy atom. The molecule has 0 saturated carbocycles. The first-order chi connectivity index (χ1) is 14.7. The fraction of sp³-hybridized carbons (Fsp3) is 0.435. The van der Waals surface area contributed by atoms with Crippen LogP contribution in [-0.4, -0.2) is 61.7 Å². The van der Waals surface area contributed by atoms with Gasteiger partial charge in [0.2, 0.25) is 5.78 Å². The first kappa shape index (κ1) is 19.8. The topological polar surface area (TPSA) is 51.2 Å². The maximum absolute atomic E-state index is 12.9. The molecule has 6 nitrogen and oxygen atoms in total. The molecular formula is C23H26N2O4S. The molecule has 0 amide bonds. The molecule has 3 aliphatic heterocycles. The summed E-state index contributed by atoms with van der Waals surface area (Å²) >= 11 is 1.59. The molecule has 158 valence electrons. The SMILES string of the molecule is Cc1c2c(cc3c1OC(=Cc1cccs1)C3=O)CN(CCCN1CCOCC1)CO2. The van der Waals surface area contributed by atoms with Crippen LogP contribution in [0.15, 0.2) is 29.3 Å². The van der Waals surface area contributed by atoms with Crippen LogP contribution in [0.3, 0.4) is 0 Å². The largest absolute Gasteiger partial charge is 0.477 e. The van der Waals surface area contributed by atoms with Gasteiger partial charge in [-0.3, -0.25) is 14.6 Å². The minimum Gasteiger partial charge on any atom is -0.477 e. The van der Waals surface area contributed by atoms with Crippen molar-refractivity contribution in [2.75, 3.05) is 46.1 Å². The van der Waals surface area contributed by atoms with Gasteiger partial charge in [0.25, 0.3) is 0 Å². The van der Waals surface area contributed by atoms with Crippen LogP contribution in [0.4, 0.5) is 0 Å². The molecule has 1 fully saturated rings. The van der Waals surface area contributed by atoms with Crippen molar-refractivity contribution in [3.8, 4) is 11.5 Å². The predicted molar refractivity (Wildman–Crippen MR) is 116 cm³/mol. The Hall–Kier alpha value is -2.19. The number of allylic oxidation sites excluding steroid dienone is 1. The van der Waals surface area contributed by atoms with Crippen LogP contribution in [0.1, 0.15) is 32.8 Å². The Morgan fingerprint density at radius 1 is 1.17 bits per heavy atom. The standard InChI is InChI=1S/C23H26N2O4S/c1-16-22-17(14-25(15-28-22)6-3-5-24-7-9-27-10-8-24)12-19-21(26)20(29-23(16)19)13-18-4-2-11-30-18/h2,4,11-13H,3,5-10,14-15H2,1H3. The third kappa shape index (κ3) is 3.90. The van der Waals surface area contributed by atoms with Gasteiger partial charge in [-0.25, -0.2) is 0 Å². The molecule has 0 aliphatic carbocycles. The van der Waals surface area contributed by atoms with Gasteiger partial charge in [-0.2, -0.15) is 0 Å². The van der Waals surface area contributed by atoms with Gasteiger partial charge < -0.3 is 14.2 Å². The van der Waals surface area contributed by atoms with Crippen molar-refractivity contribution in [2.45, 2.75) is 19.9 Å². The summed E-state index contributed by atoms with van der Waals surface area (Å²) in [5.74, 6) is 1.85. The molecule has 5 rings (SSSR count).